The number of anilines is 1. The Balaban J connectivity index is 2.45. The number of carbonyl (C=O) groups excluding carboxylic acids is 1. The molecule has 0 aliphatic rings. The molecule has 0 fully saturated rings. The predicted molar refractivity (Wildman–Crippen MR) is 76.9 cm³/mol. The molecular weight excluding hydrogens is 286 g/mol. The molecule has 1 aromatic rings. The van der Waals surface area contributed by atoms with E-state index in [1.807, 2.05) is 6.26 Å². The molecule has 7 heteroatoms. The van der Waals surface area contributed by atoms with Gasteiger partial charge in [0.1, 0.15) is 17.3 Å². The zero-order valence-electron chi connectivity index (χ0n) is 11.4. The summed E-state index contributed by atoms with van der Waals surface area (Å²) in [5, 5.41) is 14.8. The van der Waals surface area contributed by atoms with Crippen molar-refractivity contribution in [2.75, 3.05) is 30.4 Å². The summed E-state index contributed by atoms with van der Waals surface area (Å²) >= 11 is 1.48. The highest BCUT2D eigenvalue weighted by molar-refractivity contribution is 7.98. The average molecular weight is 304 g/mol. The van der Waals surface area contributed by atoms with E-state index in [0.717, 1.165) is 12.1 Å². The molecule has 3 N–H and O–H groups in total. The summed E-state index contributed by atoms with van der Waals surface area (Å²) < 4.78 is 26.6. The highest BCUT2D eigenvalue weighted by atomic mass is 32.2. The largest absolute Gasteiger partial charge is 0.388 e. The Morgan fingerprint density at radius 1 is 1.40 bits per heavy atom. The molecule has 4 nitrogen and oxygen atoms in total. The van der Waals surface area contributed by atoms with E-state index in [2.05, 4.69) is 10.6 Å². The average Bonchev–Trinajstić information content (AvgIpc) is 2.33. The minimum atomic E-state index is -0.942. The fourth-order valence-electron chi connectivity index (χ4n) is 1.61. The molecule has 0 spiro atoms. The van der Waals surface area contributed by atoms with Gasteiger partial charge >= 0.3 is 0 Å². The third kappa shape index (κ3) is 5.44. The van der Waals surface area contributed by atoms with Crippen molar-refractivity contribution in [2.45, 2.75) is 12.5 Å². The molecule has 1 aromatic carbocycles. The second kappa shape index (κ2) is 7.56. The van der Waals surface area contributed by atoms with Crippen LogP contribution in [0.5, 0.6) is 0 Å². The maximum absolute atomic E-state index is 13.3. The minimum Gasteiger partial charge on any atom is -0.388 e. The van der Waals surface area contributed by atoms with Crippen LogP contribution in [-0.4, -0.2) is 41.7 Å². The van der Waals surface area contributed by atoms with Gasteiger partial charge in [-0.15, -0.1) is 0 Å². The summed E-state index contributed by atoms with van der Waals surface area (Å²) in [5.74, 6) is -1.71. The normalized spacial score (nSPS) is 13.8. The molecule has 0 radical (unpaired) electrons. The lowest BCUT2D eigenvalue weighted by atomic mass is 10.1. The molecule has 20 heavy (non-hydrogen) atoms. The summed E-state index contributed by atoms with van der Waals surface area (Å²) in [7, 11) is 0. The number of carbonyl (C=O) groups is 1. The maximum atomic E-state index is 13.3. The summed E-state index contributed by atoms with van der Waals surface area (Å²) in [5.41, 5.74) is -1.40. The Kier molecular flexibility index (Phi) is 6.38. The Hall–Kier alpha value is -1.18. The molecule has 1 amide bonds. The van der Waals surface area contributed by atoms with Gasteiger partial charge in [-0.2, -0.15) is 11.8 Å². The molecule has 1 atom stereocenters. The van der Waals surface area contributed by atoms with Crippen LogP contribution < -0.4 is 10.6 Å². The fraction of sp³-hybridized carbons (Fsp3) is 0.462. The first-order chi connectivity index (χ1) is 9.35. The van der Waals surface area contributed by atoms with Crippen LogP contribution in [0.4, 0.5) is 14.5 Å². The molecular formula is C13H18F2N2O2S. The number of hydrogen-bond acceptors (Lipinski definition) is 4. The van der Waals surface area contributed by atoms with E-state index >= 15 is 0 Å². The first kappa shape index (κ1) is 16.9. The molecule has 112 valence electrons. The van der Waals surface area contributed by atoms with Gasteiger partial charge in [-0.05, 0) is 25.3 Å². The monoisotopic (exact) mass is 304 g/mol. The zero-order valence-corrected chi connectivity index (χ0v) is 12.2. The van der Waals surface area contributed by atoms with Gasteiger partial charge in [-0.25, -0.2) is 8.78 Å². The van der Waals surface area contributed by atoms with E-state index in [1.54, 1.807) is 6.92 Å². The van der Waals surface area contributed by atoms with Crippen molar-refractivity contribution in [3.05, 3.63) is 29.8 Å². The first-order valence-corrected chi connectivity index (χ1v) is 7.41. The SMILES string of the molecule is CSCC(C)(O)CNCC(=O)Nc1c(F)cccc1F. The number of thioether (sulfide) groups is 1. The number of benzene rings is 1. The zero-order chi connectivity index (χ0) is 15.2. The lowest BCUT2D eigenvalue weighted by Crippen LogP contribution is -2.42. The van der Waals surface area contributed by atoms with Gasteiger partial charge in [0.2, 0.25) is 5.91 Å². The van der Waals surface area contributed by atoms with Gasteiger partial charge in [-0.3, -0.25) is 4.79 Å². The second-order valence-electron chi connectivity index (χ2n) is 4.68. The van der Waals surface area contributed by atoms with E-state index in [-0.39, 0.29) is 13.1 Å². The van der Waals surface area contributed by atoms with E-state index in [9.17, 15) is 18.7 Å². The van der Waals surface area contributed by atoms with E-state index < -0.39 is 28.8 Å². The summed E-state index contributed by atoms with van der Waals surface area (Å²) in [4.78, 5) is 11.6. The molecule has 0 aromatic heterocycles. The summed E-state index contributed by atoms with van der Waals surface area (Å²) in [6.07, 6.45) is 1.86. The van der Waals surface area contributed by atoms with Gasteiger partial charge in [0, 0.05) is 12.3 Å². The number of nitrogens with one attached hydrogen (secondary N) is 2. The van der Waals surface area contributed by atoms with Crippen LogP contribution in [0, 0.1) is 11.6 Å². The first-order valence-electron chi connectivity index (χ1n) is 6.01. The highest BCUT2D eigenvalue weighted by Crippen LogP contribution is 2.17. The fourth-order valence-corrected chi connectivity index (χ4v) is 2.33. The number of para-hydroxylation sites is 1. The molecule has 0 aliphatic heterocycles. The van der Waals surface area contributed by atoms with Crippen molar-refractivity contribution in [1.82, 2.24) is 5.32 Å². The van der Waals surface area contributed by atoms with E-state index in [1.165, 1.54) is 17.8 Å². The van der Waals surface area contributed by atoms with Crippen LogP contribution in [0.2, 0.25) is 0 Å². The van der Waals surface area contributed by atoms with Crippen LogP contribution in [0.1, 0.15) is 6.92 Å². The topological polar surface area (TPSA) is 61.4 Å². The summed E-state index contributed by atoms with van der Waals surface area (Å²) in [6.45, 7) is 1.71. The van der Waals surface area contributed by atoms with Crippen LogP contribution in [0.3, 0.4) is 0 Å². The van der Waals surface area contributed by atoms with Crippen molar-refractivity contribution in [3.63, 3.8) is 0 Å². The van der Waals surface area contributed by atoms with E-state index in [4.69, 9.17) is 0 Å². The Bertz CT molecular complexity index is 449. The lowest BCUT2D eigenvalue weighted by molar-refractivity contribution is -0.115. The van der Waals surface area contributed by atoms with Crippen LogP contribution >= 0.6 is 11.8 Å². The summed E-state index contributed by atoms with van der Waals surface area (Å²) in [6, 6.07) is 3.35. The Morgan fingerprint density at radius 2 is 2.00 bits per heavy atom. The molecule has 0 aliphatic carbocycles. The Labute approximate surface area is 120 Å². The van der Waals surface area contributed by atoms with Crippen molar-refractivity contribution in [2.24, 2.45) is 0 Å². The standard InChI is InChI=1S/C13H18F2N2O2S/c1-13(19,8-20-2)7-16-6-11(18)17-12-9(14)4-3-5-10(12)15/h3-5,16,19H,6-8H2,1-2H3,(H,17,18). The van der Waals surface area contributed by atoms with Gasteiger partial charge in [0.15, 0.2) is 0 Å². The number of halogens is 2. The number of aliphatic hydroxyl groups is 1. The van der Waals surface area contributed by atoms with Gasteiger partial charge in [0.25, 0.3) is 0 Å². The highest BCUT2D eigenvalue weighted by Gasteiger charge is 2.19. The lowest BCUT2D eigenvalue weighted by Gasteiger charge is -2.22. The van der Waals surface area contributed by atoms with Gasteiger partial charge in [-0.1, -0.05) is 6.07 Å². The number of rotatable bonds is 7. The quantitative estimate of drug-likeness (QED) is 0.716. The van der Waals surface area contributed by atoms with E-state index in [0.29, 0.717) is 5.75 Å². The number of amides is 1. The van der Waals surface area contributed by atoms with Gasteiger partial charge < -0.3 is 15.7 Å². The molecule has 1 unspecified atom stereocenters. The third-order valence-electron chi connectivity index (χ3n) is 2.47. The van der Waals surface area contributed by atoms with Gasteiger partial charge in [0.05, 0.1) is 12.1 Å². The molecule has 0 bridgehead atoms. The smallest absolute Gasteiger partial charge is 0.238 e. The van der Waals surface area contributed by atoms with Crippen molar-refractivity contribution >= 4 is 23.4 Å². The van der Waals surface area contributed by atoms with Crippen molar-refractivity contribution < 1.29 is 18.7 Å². The second-order valence-corrected chi connectivity index (χ2v) is 5.54. The minimum absolute atomic E-state index is 0.141. The van der Waals surface area contributed by atoms with Crippen LogP contribution in [0.25, 0.3) is 0 Å². The Morgan fingerprint density at radius 3 is 2.55 bits per heavy atom. The molecule has 0 saturated heterocycles. The molecule has 1 rings (SSSR count). The predicted octanol–water partition coefficient (Wildman–Crippen LogP) is 1.61. The van der Waals surface area contributed by atoms with Crippen LogP contribution in [-0.2, 0) is 4.79 Å². The van der Waals surface area contributed by atoms with Crippen molar-refractivity contribution in [1.29, 1.82) is 0 Å². The maximum Gasteiger partial charge on any atom is 0.238 e. The molecule has 0 saturated carbocycles. The third-order valence-corrected chi connectivity index (χ3v) is 3.38. The van der Waals surface area contributed by atoms with Crippen LogP contribution in [0.15, 0.2) is 18.2 Å². The number of hydrogen-bond donors (Lipinski definition) is 3. The molecule has 0 heterocycles. The van der Waals surface area contributed by atoms with Crippen molar-refractivity contribution in [3.8, 4) is 0 Å².